The molecule has 158 valence electrons. The third kappa shape index (κ3) is 4.79. The fourth-order valence-electron chi connectivity index (χ4n) is 2.61. The maximum atomic E-state index is 15.4. The van der Waals surface area contributed by atoms with Gasteiger partial charge in [0.2, 0.25) is 0 Å². The Balaban J connectivity index is 2.05. The predicted octanol–water partition coefficient (Wildman–Crippen LogP) is -0.634. The van der Waals surface area contributed by atoms with Crippen LogP contribution in [0, 0.1) is 5.82 Å². The largest absolute Gasteiger partial charge is 0.406 e. The Bertz CT molecular complexity index is 1170. The van der Waals surface area contributed by atoms with Crippen molar-refractivity contribution in [2.24, 2.45) is 7.05 Å². The molecule has 14 heteroatoms. The fraction of sp³-hybridized carbons (Fsp3) is 0.176. The molecular formula is C17H19B4BrClFN4O3. The number of fused-ring (bicyclic) bond motifs is 1. The zero-order chi connectivity index (χ0) is 23.1. The lowest BCUT2D eigenvalue weighted by Crippen LogP contribution is -2.60. The number of aryl methyl sites for hydroxylation is 1. The summed E-state index contributed by atoms with van der Waals surface area (Å²) in [6, 6.07) is 6.55. The second-order valence-electron chi connectivity index (χ2n) is 8.19. The molecule has 0 saturated heterocycles. The topological polar surface area (TPSA) is 88.4 Å². The van der Waals surface area contributed by atoms with Gasteiger partial charge in [-0.05, 0) is 24.3 Å². The maximum Gasteiger partial charge on any atom is 0.277 e. The smallest absolute Gasteiger partial charge is 0.277 e. The van der Waals surface area contributed by atoms with Crippen LogP contribution in [-0.4, -0.2) is 62.7 Å². The predicted molar refractivity (Wildman–Crippen MR) is 134 cm³/mol. The van der Waals surface area contributed by atoms with Crippen LogP contribution in [-0.2, 0) is 11.9 Å². The van der Waals surface area contributed by atoms with Crippen LogP contribution in [0.2, 0.25) is 5.02 Å². The minimum Gasteiger partial charge on any atom is -0.406 e. The Hall–Kier alpha value is -1.94. The van der Waals surface area contributed by atoms with E-state index in [4.69, 9.17) is 16.4 Å². The van der Waals surface area contributed by atoms with Crippen LogP contribution < -0.4 is 10.8 Å². The molecule has 0 bridgehead atoms. The Morgan fingerprint density at radius 2 is 2.00 bits per heavy atom. The van der Waals surface area contributed by atoms with Crippen molar-refractivity contribution in [2.45, 2.75) is 10.8 Å². The summed E-state index contributed by atoms with van der Waals surface area (Å²) in [7, 11) is 8.06. The summed E-state index contributed by atoms with van der Waals surface area (Å²) < 4.78 is 17.8. The Kier molecular flexibility index (Phi) is 6.53. The molecule has 0 unspecified atom stereocenters. The number of aliphatic hydroxyl groups is 1. The summed E-state index contributed by atoms with van der Waals surface area (Å²) in [6.07, 6.45) is 1.46. The van der Waals surface area contributed by atoms with Crippen LogP contribution >= 0.6 is 27.5 Å². The maximum absolute atomic E-state index is 15.4. The number of anilines is 2. The fourth-order valence-corrected chi connectivity index (χ4v) is 3.33. The van der Waals surface area contributed by atoms with E-state index in [0.717, 1.165) is 4.47 Å². The number of carbonyl (C=O) groups is 1. The van der Waals surface area contributed by atoms with E-state index in [1.54, 1.807) is 61.2 Å². The van der Waals surface area contributed by atoms with Gasteiger partial charge in [0.05, 0.1) is 33.8 Å². The van der Waals surface area contributed by atoms with E-state index < -0.39 is 22.5 Å². The van der Waals surface area contributed by atoms with Crippen molar-refractivity contribution in [3.8, 4) is 0 Å². The molecule has 2 aromatic carbocycles. The molecule has 3 N–H and O–H groups in total. The molecule has 31 heavy (non-hydrogen) atoms. The number of amides is 1. The third-order valence-electron chi connectivity index (χ3n) is 5.27. The van der Waals surface area contributed by atoms with Gasteiger partial charge in [-0.2, -0.15) is 0 Å². The van der Waals surface area contributed by atoms with Crippen LogP contribution in [0.3, 0.4) is 0 Å². The van der Waals surface area contributed by atoms with E-state index in [9.17, 15) is 9.90 Å². The van der Waals surface area contributed by atoms with Crippen LogP contribution in [0.4, 0.5) is 15.8 Å². The summed E-state index contributed by atoms with van der Waals surface area (Å²) in [4.78, 5) is 22.6. The van der Waals surface area contributed by atoms with E-state index in [1.807, 2.05) is 0 Å². The van der Waals surface area contributed by atoms with Gasteiger partial charge in [-0.1, -0.05) is 27.5 Å². The quantitative estimate of drug-likeness (QED) is 0.307. The van der Waals surface area contributed by atoms with Gasteiger partial charge in [-0.15, -0.1) is 0 Å². The molecule has 0 atom stereocenters. The van der Waals surface area contributed by atoms with E-state index in [0.29, 0.717) is 16.2 Å². The summed E-state index contributed by atoms with van der Waals surface area (Å²) in [6.45, 7) is 0. The monoisotopic (exact) mass is 504 g/mol. The average molecular weight is 505 g/mol. The summed E-state index contributed by atoms with van der Waals surface area (Å²) in [5.41, 5.74) is 3.15. The number of hydroxylamine groups is 1. The zero-order valence-corrected chi connectivity index (χ0v) is 20.0. The van der Waals surface area contributed by atoms with Gasteiger partial charge in [0, 0.05) is 22.3 Å². The summed E-state index contributed by atoms with van der Waals surface area (Å²) in [5.74, 6) is -1.40. The minimum absolute atomic E-state index is 0.0147. The van der Waals surface area contributed by atoms with Crippen molar-refractivity contribution in [3.05, 3.63) is 51.5 Å². The normalized spacial score (nSPS) is 12.2. The number of hydrogen-bond acceptors (Lipinski definition) is 5. The van der Waals surface area contributed by atoms with Crippen molar-refractivity contribution in [1.29, 1.82) is 0 Å². The number of halogens is 3. The summed E-state index contributed by atoms with van der Waals surface area (Å²) in [5, 5.41) is 11.1. The average Bonchev–Trinajstić information content (AvgIpc) is 3.04. The first kappa shape index (κ1) is 23.7. The Morgan fingerprint density at radius 3 is 2.61 bits per heavy atom. The highest BCUT2D eigenvalue weighted by atomic mass is 79.9. The number of nitrogens with zero attached hydrogens (tertiary/aromatic N) is 2. The van der Waals surface area contributed by atoms with E-state index in [2.05, 4.69) is 31.7 Å². The second kappa shape index (κ2) is 8.54. The molecule has 1 aromatic heterocycles. The molecule has 0 aliphatic carbocycles. The number of aromatic nitrogens is 2. The van der Waals surface area contributed by atoms with Crippen molar-refractivity contribution in [3.63, 3.8) is 0 Å². The van der Waals surface area contributed by atoms with Crippen molar-refractivity contribution in [1.82, 2.24) is 15.0 Å². The SMILES string of the molecule is BC(B)(O)C(B)(B)ONC(=O)c1cc2c(ncn2C)c(F)c1Nc1ccc(Br)cc1Cl. The van der Waals surface area contributed by atoms with Gasteiger partial charge in [-0.3, -0.25) is 9.63 Å². The molecule has 0 spiro atoms. The van der Waals surface area contributed by atoms with E-state index in [1.165, 1.54) is 12.4 Å². The van der Waals surface area contributed by atoms with Crippen LogP contribution in [0.25, 0.3) is 11.0 Å². The van der Waals surface area contributed by atoms with Crippen LogP contribution in [0.5, 0.6) is 0 Å². The van der Waals surface area contributed by atoms with Crippen molar-refractivity contribution < 1.29 is 19.1 Å². The molecule has 0 fully saturated rings. The molecule has 3 rings (SSSR count). The number of nitrogens with one attached hydrogen (secondary N) is 2. The highest BCUT2D eigenvalue weighted by molar-refractivity contribution is 9.10. The molecule has 1 heterocycles. The van der Waals surface area contributed by atoms with Gasteiger partial charge in [0.25, 0.3) is 5.91 Å². The molecule has 3 aromatic rings. The Labute approximate surface area is 195 Å². The molecular weight excluding hydrogens is 486 g/mol. The molecule has 0 radical (unpaired) electrons. The number of imidazole rings is 1. The van der Waals surface area contributed by atoms with Crippen LogP contribution in [0.1, 0.15) is 10.4 Å². The highest BCUT2D eigenvalue weighted by Gasteiger charge is 2.37. The highest BCUT2D eigenvalue weighted by Crippen LogP contribution is 2.34. The van der Waals surface area contributed by atoms with Gasteiger partial charge in [0.15, 0.2) is 5.82 Å². The molecule has 0 aliphatic rings. The number of hydrogen-bond donors (Lipinski definition) is 3. The first-order valence-corrected chi connectivity index (χ1v) is 10.6. The number of rotatable bonds is 6. The Morgan fingerprint density at radius 1 is 1.32 bits per heavy atom. The van der Waals surface area contributed by atoms with Crippen molar-refractivity contribution in [2.75, 3.05) is 5.32 Å². The lowest BCUT2D eigenvalue weighted by Gasteiger charge is -2.37. The second-order valence-corrected chi connectivity index (χ2v) is 9.51. The van der Waals surface area contributed by atoms with Crippen molar-refractivity contribution >= 4 is 87.2 Å². The lowest BCUT2D eigenvalue weighted by atomic mass is 9.42. The standard InChI is InChI=1S/C17H19B4BrClFN4O3/c1-28-6-25-14-11(28)5-8(15(29)27-31-17(20,21)16(18,19)30)13(12(14)24)26-10-3-2-7(22)4-9(10)23/h2-6,26,30H,18-21H2,1H3,(H,27,29). The molecule has 7 nitrogen and oxygen atoms in total. The van der Waals surface area contributed by atoms with Crippen LogP contribution in [0.15, 0.2) is 35.1 Å². The first-order chi connectivity index (χ1) is 14.3. The zero-order valence-electron chi connectivity index (χ0n) is 17.7. The minimum atomic E-state index is -1.25. The lowest BCUT2D eigenvalue weighted by molar-refractivity contribution is -0.0488. The molecule has 0 aliphatic heterocycles. The third-order valence-corrected chi connectivity index (χ3v) is 6.07. The van der Waals surface area contributed by atoms with E-state index in [-0.39, 0.29) is 16.8 Å². The molecule has 0 saturated carbocycles. The van der Waals surface area contributed by atoms with Gasteiger partial charge in [0.1, 0.15) is 36.9 Å². The van der Waals surface area contributed by atoms with E-state index >= 15 is 4.39 Å². The number of benzene rings is 2. The summed E-state index contributed by atoms with van der Waals surface area (Å²) >= 11 is 9.59. The van der Waals surface area contributed by atoms with Gasteiger partial charge < -0.3 is 15.0 Å². The van der Waals surface area contributed by atoms with Gasteiger partial charge >= 0.3 is 0 Å². The van der Waals surface area contributed by atoms with Gasteiger partial charge in [-0.25, -0.2) is 14.9 Å². The first-order valence-electron chi connectivity index (χ1n) is 9.38. The number of carbonyl (C=O) groups excluding carboxylic acids is 1. The molecule has 1 amide bonds.